The molecule has 0 saturated carbocycles. The van der Waals surface area contributed by atoms with E-state index in [0.717, 1.165) is 0 Å². The second-order valence-electron chi connectivity index (χ2n) is 3.76. The van der Waals surface area contributed by atoms with Gasteiger partial charge in [0.25, 0.3) is 0 Å². The fourth-order valence-corrected chi connectivity index (χ4v) is 0.783. The summed E-state index contributed by atoms with van der Waals surface area (Å²) in [5, 5.41) is 9.03. The SMILES string of the molecule is CN(C(=O)COCCN)C(C)(C)CO. The Morgan fingerprint density at radius 3 is 2.57 bits per heavy atom. The van der Waals surface area contributed by atoms with Gasteiger partial charge in [0.05, 0.1) is 18.8 Å². The summed E-state index contributed by atoms with van der Waals surface area (Å²) in [6.07, 6.45) is 0. The fraction of sp³-hybridized carbons (Fsp3) is 0.889. The second kappa shape index (κ2) is 5.95. The molecule has 0 spiro atoms. The standard InChI is InChI=1S/C9H20N2O3/c1-9(2,7-12)11(3)8(13)6-14-5-4-10/h12H,4-7,10H2,1-3H3. The summed E-state index contributed by atoms with van der Waals surface area (Å²) in [7, 11) is 1.64. The Balaban J connectivity index is 3.99. The molecule has 0 aliphatic rings. The van der Waals surface area contributed by atoms with Gasteiger partial charge in [-0.2, -0.15) is 0 Å². The summed E-state index contributed by atoms with van der Waals surface area (Å²) in [5.74, 6) is -0.155. The Hall–Kier alpha value is -0.650. The van der Waals surface area contributed by atoms with Crippen molar-refractivity contribution in [1.29, 1.82) is 0 Å². The zero-order valence-electron chi connectivity index (χ0n) is 9.12. The van der Waals surface area contributed by atoms with Gasteiger partial charge in [0, 0.05) is 13.6 Å². The number of amides is 1. The summed E-state index contributed by atoms with van der Waals surface area (Å²) in [6, 6.07) is 0. The predicted molar refractivity (Wildman–Crippen MR) is 53.8 cm³/mol. The van der Waals surface area contributed by atoms with E-state index >= 15 is 0 Å². The number of nitrogens with zero attached hydrogens (tertiary/aromatic N) is 1. The van der Waals surface area contributed by atoms with Crippen molar-refractivity contribution in [3.8, 4) is 0 Å². The molecule has 1 amide bonds. The number of carbonyl (C=O) groups is 1. The summed E-state index contributed by atoms with van der Waals surface area (Å²) in [6.45, 7) is 4.28. The average molecular weight is 204 g/mol. The molecule has 0 saturated heterocycles. The number of ether oxygens (including phenoxy) is 1. The molecule has 0 aliphatic carbocycles. The van der Waals surface area contributed by atoms with E-state index in [1.54, 1.807) is 20.9 Å². The smallest absolute Gasteiger partial charge is 0.248 e. The zero-order valence-corrected chi connectivity index (χ0v) is 9.12. The molecule has 0 unspecified atom stereocenters. The molecule has 0 heterocycles. The van der Waals surface area contributed by atoms with Crippen LogP contribution in [-0.2, 0) is 9.53 Å². The summed E-state index contributed by atoms with van der Waals surface area (Å²) in [4.78, 5) is 12.9. The second-order valence-corrected chi connectivity index (χ2v) is 3.76. The Morgan fingerprint density at radius 2 is 2.14 bits per heavy atom. The van der Waals surface area contributed by atoms with Crippen LogP contribution in [0.4, 0.5) is 0 Å². The third kappa shape index (κ3) is 4.04. The van der Waals surface area contributed by atoms with Crippen LogP contribution in [0.15, 0.2) is 0 Å². The first-order valence-corrected chi connectivity index (χ1v) is 4.61. The molecule has 0 rings (SSSR count). The van der Waals surface area contributed by atoms with Gasteiger partial charge < -0.3 is 20.5 Å². The number of carbonyl (C=O) groups excluding carboxylic acids is 1. The van der Waals surface area contributed by atoms with Gasteiger partial charge in [-0.1, -0.05) is 0 Å². The number of aliphatic hydroxyl groups excluding tert-OH is 1. The lowest BCUT2D eigenvalue weighted by Crippen LogP contribution is -2.49. The van der Waals surface area contributed by atoms with Crippen molar-refractivity contribution >= 4 is 5.91 Å². The number of aliphatic hydroxyl groups is 1. The lowest BCUT2D eigenvalue weighted by Gasteiger charge is -2.33. The minimum atomic E-state index is -0.552. The summed E-state index contributed by atoms with van der Waals surface area (Å²) < 4.78 is 5.01. The van der Waals surface area contributed by atoms with Gasteiger partial charge in [-0.05, 0) is 13.8 Å². The van der Waals surface area contributed by atoms with E-state index in [9.17, 15) is 4.79 Å². The van der Waals surface area contributed by atoms with Crippen LogP contribution in [0.5, 0.6) is 0 Å². The van der Waals surface area contributed by atoms with Crippen LogP contribution in [0.2, 0.25) is 0 Å². The summed E-state index contributed by atoms with van der Waals surface area (Å²) >= 11 is 0. The molecular weight excluding hydrogens is 184 g/mol. The molecule has 5 heteroatoms. The van der Waals surface area contributed by atoms with E-state index in [4.69, 9.17) is 15.6 Å². The average Bonchev–Trinajstić information content (AvgIpc) is 2.17. The van der Waals surface area contributed by atoms with E-state index in [0.29, 0.717) is 13.2 Å². The van der Waals surface area contributed by atoms with Gasteiger partial charge in [0.15, 0.2) is 0 Å². The lowest BCUT2D eigenvalue weighted by molar-refractivity contribution is -0.140. The molecule has 0 atom stereocenters. The molecule has 0 aliphatic heterocycles. The molecule has 0 fully saturated rings. The predicted octanol–water partition coefficient (Wildman–Crippen LogP) is -0.809. The first-order chi connectivity index (χ1) is 6.45. The van der Waals surface area contributed by atoms with Crippen LogP contribution >= 0.6 is 0 Å². The Bertz CT molecular complexity index is 183. The first kappa shape index (κ1) is 13.4. The van der Waals surface area contributed by atoms with Crippen LogP contribution in [-0.4, -0.2) is 54.9 Å². The molecule has 5 nitrogen and oxygen atoms in total. The highest BCUT2D eigenvalue weighted by atomic mass is 16.5. The molecule has 84 valence electrons. The monoisotopic (exact) mass is 204 g/mol. The Morgan fingerprint density at radius 1 is 1.57 bits per heavy atom. The van der Waals surface area contributed by atoms with Crippen LogP contribution in [0.1, 0.15) is 13.8 Å². The molecule has 0 radical (unpaired) electrons. The van der Waals surface area contributed by atoms with Gasteiger partial charge in [-0.3, -0.25) is 4.79 Å². The number of hydrogen-bond acceptors (Lipinski definition) is 4. The van der Waals surface area contributed by atoms with Gasteiger partial charge in [0.2, 0.25) is 5.91 Å². The van der Waals surface area contributed by atoms with Crippen LogP contribution in [0, 0.1) is 0 Å². The third-order valence-electron chi connectivity index (χ3n) is 2.16. The number of rotatable bonds is 6. The largest absolute Gasteiger partial charge is 0.394 e. The molecular formula is C9H20N2O3. The van der Waals surface area contributed by atoms with Crippen LogP contribution in [0.25, 0.3) is 0 Å². The minimum Gasteiger partial charge on any atom is -0.394 e. The normalized spacial score (nSPS) is 11.5. The Labute approximate surface area is 84.8 Å². The van der Waals surface area contributed by atoms with Crippen molar-refractivity contribution < 1.29 is 14.6 Å². The van der Waals surface area contributed by atoms with Gasteiger partial charge in [-0.15, -0.1) is 0 Å². The van der Waals surface area contributed by atoms with Crippen molar-refractivity contribution in [2.24, 2.45) is 5.73 Å². The van der Waals surface area contributed by atoms with Crippen molar-refractivity contribution in [2.45, 2.75) is 19.4 Å². The number of hydrogen-bond donors (Lipinski definition) is 2. The van der Waals surface area contributed by atoms with E-state index in [-0.39, 0.29) is 19.1 Å². The van der Waals surface area contributed by atoms with Crippen LogP contribution in [0.3, 0.4) is 0 Å². The Kier molecular flexibility index (Phi) is 5.68. The highest BCUT2D eigenvalue weighted by Gasteiger charge is 2.26. The minimum absolute atomic E-state index is 0.0110. The number of nitrogens with two attached hydrogens (primary N) is 1. The fourth-order valence-electron chi connectivity index (χ4n) is 0.783. The van der Waals surface area contributed by atoms with Gasteiger partial charge in [0.1, 0.15) is 6.61 Å². The molecule has 0 aromatic rings. The van der Waals surface area contributed by atoms with Crippen LogP contribution < -0.4 is 5.73 Å². The van der Waals surface area contributed by atoms with Crippen molar-refractivity contribution in [3.63, 3.8) is 0 Å². The van der Waals surface area contributed by atoms with Crippen molar-refractivity contribution in [1.82, 2.24) is 4.90 Å². The van der Waals surface area contributed by atoms with E-state index in [1.165, 1.54) is 4.90 Å². The molecule has 3 N–H and O–H groups in total. The maximum atomic E-state index is 11.5. The molecule has 0 aromatic heterocycles. The molecule has 0 bridgehead atoms. The van der Waals surface area contributed by atoms with Gasteiger partial charge in [-0.25, -0.2) is 0 Å². The quantitative estimate of drug-likeness (QED) is 0.555. The maximum Gasteiger partial charge on any atom is 0.248 e. The lowest BCUT2D eigenvalue weighted by atomic mass is 10.1. The topological polar surface area (TPSA) is 75.8 Å². The van der Waals surface area contributed by atoms with Crippen molar-refractivity contribution in [2.75, 3.05) is 33.4 Å². The van der Waals surface area contributed by atoms with E-state index in [2.05, 4.69) is 0 Å². The zero-order chi connectivity index (χ0) is 11.2. The van der Waals surface area contributed by atoms with Gasteiger partial charge >= 0.3 is 0 Å². The molecule has 14 heavy (non-hydrogen) atoms. The first-order valence-electron chi connectivity index (χ1n) is 4.61. The van der Waals surface area contributed by atoms with E-state index < -0.39 is 5.54 Å². The third-order valence-corrected chi connectivity index (χ3v) is 2.16. The highest BCUT2D eigenvalue weighted by molar-refractivity contribution is 5.77. The highest BCUT2D eigenvalue weighted by Crippen LogP contribution is 2.10. The maximum absolute atomic E-state index is 11.5. The summed E-state index contributed by atoms with van der Waals surface area (Å²) in [5.41, 5.74) is 4.66. The van der Waals surface area contributed by atoms with E-state index in [1.807, 2.05) is 0 Å². The molecule has 0 aromatic carbocycles. The van der Waals surface area contributed by atoms with Crippen molar-refractivity contribution in [3.05, 3.63) is 0 Å². The number of likely N-dealkylation sites (N-methyl/N-ethyl adjacent to an activating group) is 1.